The monoisotopic (exact) mass is 361 g/mol. The number of rotatable bonds is 7. The number of hydrogen-bond acceptors (Lipinski definition) is 5. The van der Waals surface area contributed by atoms with Gasteiger partial charge in [-0.2, -0.15) is 0 Å². The van der Waals surface area contributed by atoms with Crippen molar-refractivity contribution in [2.75, 3.05) is 33.3 Å². The summed E-state index contributed by atoms with van der Waals surface area (Å²) in [4.78, 5) is 4.41. The third kappa shape index (κ3) is 4.66. The first-order valence-corrected chi connectivity index (χ1v) is 9.21. The summed E-state index contributed by atoms with van der Waals surface area (Å²) in [6.07, 6.45) is 2.07. The van der Waals surface area contributed by atoms with Crippen LogP contribution in [0.3, 0.4) is 0 Å². The number of benzene rings is 1. The molecule has 0 saturated carbocycles. The van der Waals surface area contributed by atoms with Gasteiger partial charge in [0.25, 0.3) is 0 Å². The molecule has 0 atom stereocenters. The van der Waals surface area contributed by atoms with Gasteiger partial charge >= 0.3 is 0 Å². The quantitative estimate of drug-likeness (QED) is 0.814. The average molecular weight is 361 g/mol. The first kappa shape index (κ1) is 18.9. The van der Waals surface area contributed by atoms with Gasteiger partial charge in [0, 0.05) is 26.1 Å². The Morgan fingerprint density at radius 1 is 1.27 bits per heavy atom. The van der Waals surface area contributed by atoms with Crippen LogP contribution in [0.1, 0.15) is 36.0 Å². The van der Waals surface area contributed by atoms with Crippen LogP contribution in [0.5, 0.6) is 0 Å². The molecule has 1 aromatic heterocycles. The zero-order valence-corrected chi connectivity index (χ0v) is 15.6. The second-order valence-electron chi connectivity index (χ2n) is 7.18. The highest BCUT2D eigenvalue weighted by Crippen LogP contribution is 2.27. The number of hydrogen-bond donors (Lipinski definition) is 1. The van der Waals surface area contributed by atoms with E-state index in [0.29, 0.717) is 19.0 Å². The van der Waals surface area contributed by atoms with Gasteiger partial charge < -0.3 is 9.67 Å². The van der Waals surface area contributed by atoms with Crippen LogP contribution in [0, 0.1) is 5.82 Å². The first-order chi connectivity index (χ1) is 12.6. The predicted octanol–water partition coefficient (Wildman–Crippen LogP) is 1.76. The van der Waals surface area contributed by atoms with E-state index in [2.05, 4.69) is 19.7 Å². The Labute approximate surface area is 154 Å². The van der Waals surface area contributed by atoms with E-state index >= 15 is 0 Å². The van der Waals surface area contributed by atoms with E-state index in [-0.39, 0.29) is 12.4 Å². The molecular formula is C19H28FN5O. The predicted molar refractivity (Wildman–Crippen MR) is 98.1 cm³/mol. The molecule has 3 rings (SSSR count). The second-order valence-corrected chi connectivity index (χ2v) is 7.18. The van der Waals surface area contributed by atoms with E-state index in [4.69, 9.17) is 5.11 Å². The molecule has 0 amide bonds. The minimum absolute atomic E-state index is 0.144. The Hall–Kier alpha value is -1.83. The van der Waals surface area contributed by atoms with Crippen molar-refractivity contribution in [2.24, 2.45) is 7.05 Å². The molecule has 6 nitrogen and oxygen atoms in total. The lowest BCUT2D eigenvalue weighted by atomic mass is 9.95. The fourth-order valence-corrected chi connectivity index (χ4v) is 3.60. The van der Waals surface area contributed by atoms with Crippen LogP contribution in [0.25, 0.3) is 0 Å². The number of likely N-dealkylation sites (tertiary alicyclic amines) is 1. The van der Waals surface area contributed by atoms with E-state index < -0.39 is 0 Å². The molecule has 1 saturated heterocycles. The molecule has 0 spiro atoms. The molecule has 1 aromatic carbocycles. The van der Waals surface area contributed by atoms with Crippen LogP contribution in [-0.2, 0) is 20.1 Å². The van der Waals surface area contributed by atoms with E-state index in [9.17, 15) is 4.39 Å². The maximum absolute atomic E-state index is 13.3. The number of aliphatic hydroxyl groups excluding tert-OH is 1. The lowest BCUT2D eigenvalue weighted by Gasteiger charge is -2.31. The molecule has 1 aliphatic rings. The standard InChI is InChI=1S/C19H28FN5O/c1-23(10-11-26)14-18-21-22-19(24(18)2)16-6-8-25(9-7-16)13-15-4-3-5-17(20)12-15/h3-5,12,16,26H,6-11,13-14H2,1-2H3. The number of piperidine rings is 1. The molecule has 0 radical (unpaired) electrons. The third-order valence-electron chi connectivity index (χ3n) is 5.14. The highest BCUT2D eigenvalue weighted by Gasteiger charge is 2.25. The van der Waals surface area contributed by atoms with E-state index in [0.717, 1.165) is 49.7 Å². The van der Waals surface area contributed by atoms with Crippen LogP contribution >= 0.6 is 0 Å². The lowest BCUT2D eigenvalue weighted by Crippen LogP contribution is -2.33. The topological polar surface area (TPSA) is 57.4 Å². The fraction of sp³-hybridized carbons (Fsp3) is 0.579. The van der Waals surface area contributed by atoms with Crippen LogP contribution in [0.4, 0.5) is 4.39 Å². The molecule has 1 aliphatic heterocycles. The van der Waals surface area contributed by atoms with E-state index in [1.807, 2.05) is 25.1 Å². The third-order valence-corrected chi connectivity index (χ3v) is 5.14. The number of aromatic nitrogens is 3. The Bertz CT molecular complexity index is 712. The van der Waals surface area contributed by atoms with Crippen molar-refractivity contribution in [3.05, 3.63) is 47.3 Å². The summed E-state index contributed by atoms with van der Waals surface area (Å²) in [7, 11) is 3.99. The number of aliphatic hydroxyl groups is 1. The van der Waals surface area contributed by atoms with Gasteiger partial charge in [-0.25, -0.2) is 4.39 Å². The highest BCUT2D eigenvalue weighted by molar-refractivity contribution is 5.16. The molecule has 142 valence electrons. The summed E-state index contributed by atoms with van der Waals surface area (Å²) in [5.74, 6) is 2.21. The maximum atomic E-state index is 13.3. The van der Waals surface area contributed by atoms with Gasteiger partial charge in [0.2, 0.25) is 0 Å². The molecule has 26 heavy (non-hydrogen) atoms. The number of halogens is 1. The van der Waals surface area contributed by atoms with Crippen molar-refractivity contribution in [2.45, 2.75) is 31.8 Å². The van der Waals surface area contributed by atoms with Crippen molar-refractivity contribution in [3.63, 3.8) is 0 Å². The van der Waals surface area contributed by atoms with Crippen molar-refractivity contribution in [3.8, 4) is 0 Å². The van der Waals surface area contributed by atoms with Crippen LogP contribution < -0.4 is 0 Å². The molecule has 1 N–H and O–H groups in total. The van der Waals surface area contributed by atoms with Crippen LogP contribution in [-0.4, -0.2) is 63.0 Å². The largest absolute Gasteiger partial charge is 0.395 e. The summed E-state index contributed by atoms with van der Waals surface area (Å²) in [5.41, 5.74) is 1.02. The number of likely N-dealkylation sites (N-methyl/N-ethyl adjacent to an activating group) is 1. The van der Waals surface area contributed by atoms with Gasteiger partial charge in [0.05, 0.1) is 13.2 Å². The van der Waals surface area contributed by atoms with Crippen LogP contribution in [0.15, 0.2) is 24.3 Å². The molecule has 2 aromatic rings. The van der Waals surface area contributed by atoms with Gasteiger partial charge in [0.15, 0.2) is 0 Å². The molecule has 1 fully saturated rings. The second kappa shape index (κ2) is 8.70. The molecule has 7 heteroatoms. The van der Waals surface area contributed by atoms with Gasteiger partial charge in [-0.1, -0.05) is 12.1 Å². The van der Waals surface area contributed by atoms with Gasteiger partial charge in [0.1, 0.15) is 17.5 Å². The van der Waals surface area contributed by atoms with Crippen LogP contribution in [0.2, 0.25) is 0 Å². The molecule has 0 aliphatic carbocycles. The van der Waals surface area contributed by atoms with Crippen molar-refractivity contribution in [1.82, 2.24) is 24.6 Å². The van der Waals surface area contributed by atoms with Gasteiger partial charge in [-0.3, -0.25) is 9.80 Å². The lowest BCUT2D eigenvalue weighted by molar-refractivity contribution is 0.199. The summed E-state index contributed by atoms with van der Waals surface area (Å²) in [6.45, 7) is 4.20. The number of nitrogens with zero attached hydrogens (tertiary/aromatic N) is 5. The van der Waals surface area contributed by atoms with E-state index in [1.165, 1.54) is 6.07 Å². The fourth-order valence-electron chi connectivity index (χ4n) is 3.60. The Morgan fingerprint density at radius 2 is 2.04 bits per heavy atom. The minimum atomic E-state index is -0.171. The first-order valence-electron chi connectivity index (χ1n) is 9.21. The van der Waals surface area contributed by atoms with E-state index in [1.54, 1.807) is 12.1 Å². The molecule has 0 bridgehead atoms. The smallest absolute Gasteiger partial charge is 0.146 e. The normalized spacial score (nSPS) is 16.5. The highest BCUT2D eigenvalue weighted by atomic mass is 19.1. The van der Waals surface area contributed by atoms with Gasteiger partial charge in [-0.05, 0) is 50.7 Å². The van der Waals surface area contributed by atoms with Crippen molar-refractivity contribution >= 4 is 0 Å². The van der Waals surface area contributed by atoms with Gasteiger partial charge in [-0.15, -0.1) is 10.2 Å². The minimum Gasteiger partial charge on any atom is -0.395 e. The van der Waals surface area contributed by atoms with Crippen molar-refractivity contribution < 1.29 is 9.50 Å². The zero-order chi connectivity index (χ0) is 18.5. The molecule has 0 unspecified atom stereocenters. The Balaban J connectivity index is 1.55. The average Bonchev–Trinajstić information content (AvgIpc) is 2.96. The summed E-state index contributed by atoms with van der Waals surface area (Å²) in [5, 5.41) is 17.8. The zero-order valence-electron chi connectivity index (χ0n) is 15.6. The molecule has 2 heterocycles. The molecular weight excluding hydrogens is 333 g/mol. The summed E-state index contributed by atoms with van der Waals surface area (Å²) < 4.78 is 15.4. The SMILES string of the molecule is CN(CCO)Cc1nnc(C2CCN(Cc3cccc(F)c3)CC2)n1C. The maximum Gasteiger partial charge on any atom is 0.146 e. The summed E-state index contributed by atoms with van der Waals surface area (Å²) >= 11 is 0. The Kier molecular flexibility index (Phi) is 6.34. The summed E-state index contributed by atoms with van der Waals surface area (Å²) in [6, 6.07) is 6.85. The Morgan fingerprint density at radius 3 is 2.73 bits per heavy atom. The van der Waals surface area contributed by atoms with Crippen molar-refractivity contribution in [1.29, 1.82) is 0 Å².